The van der Waals surface area contributed by atoms with Crippen molar-refractivity contribution in [1.82, 2.24) is 29.2 Å². The van der Waals surface area contributed by atoms with E-state index in [4.69, 9.17) is 19.4 Å². The number of piperidine rings is 1. The number of ether oxygens (including phenoxy) is 2. The zero-order chi connectivity index (χ0) is 29.3. The lowest BCUT2D eigenvalue weighted by molar-refractivity contribution is -0.0592. The van der Waals surface area contributed by atoms with E-state index in [9.17, 15) is 9.90 Å². The van der Waals surface area contributed by atoms with E-state index in [1.54, 1.807) is 12.1 Å². The van der Waals surface area contributed by atoms with Gasteiger partial charge in [-0.25, -0.2) is 14.8 Å². The van der Waals surface area contributed by atoms with Crippen molar-refractivity contribution in [2.45, 2.75) is 64.4 Å². The van der Waals surface area contributed by atoms with Crippen molar-refractivity contribution in [2.24, 2.45) is 0 Å². The minimum absolute atomic E-state index is 0.152. The fraction of sp³-hybridized carbons (Fsp3) is 0.394. The number of aryl methyl sites for hydroxylation is 1. The number of carboxylic acids is 1. The lowest BCUT2D eigenvalue weighted by Gasteiger charge is -2.32. The van der Waals surface area contributed by atoms with Crippen LogP contribution in [-0.4, -0.2) is 66.1 Å². The van der Waals surface area contributed by atoms with E-state index in [1.807, 2.05) is 29.1 Å². The summed E-state index contributed by atoms with van der Waals surface area (Å²) in [6.45, 7) is 7.47. The van der Waals surface area contributed by atoms with Crippen LogP contribution in [0.3, 0.4) is 0 Å². The van der Waals surface area contributed by atoms with Crippen molar-refractivity contribution >= 4 is 27.9 Å². The van der Waals surface area contributed by atoms with Gasteiger partial charge in [0.05, 0.1) is 47.5 Å². The minimum atomic E-state index is -0.928. The van der Waals surface area contributed by atoms with Crippen LogP contribution in [-0.2, 0) is 31.0 Å². The molecule has 2 aliphatic heterocycles. The SMILES string of the molecule is CCn1ncc2cc(COc3cccc(C4CCN(Cc5nc6ccc(C(=O)O)cc6n5CC5CCO5)CC4)n3)ccc21. The van der Waals surface area contributed by atoms with Gasteiger partial charge in [-0.1, -0.05) is 12.1 Å². The highest BCUT2D eigenvalue weighted by molar-refractivity contribution is 5.92. The highest BCUT2D eigenvalue weighted by atomic mass is 16.5. The van der Waals surface area contributed by atoms with Crippen molar-refractivity contribution in [3.63, 3.8) is 0 Å². The molecule has 7 rings (SSSR count). The molecule has 3 aromatic heterocycles. The Hall–Kier alpha value is -4.28. The van der Waals surface area contributed by atoms with Gasteiger partial charge in [-0.05, 0) is 81.2 Å². The van der Waals surface area contributed by atoms with E-state index in [0.717, 1.165) is 84.5 Å². The number of carbonyl (C=O) groups is 1. The number of hydrogen-bond donors (Lipinski definition) is 1. The highest BCUT2D eigenvalue weighted by Crippen LogP contribution is 2.30. The molecule has 1 N–H and O–H groups in total. The van der Waals surface area contributed by atoms with Crippen molar-refractivity contribution in [2.75, 3.05) is 19.7 Å². The largest absolute Gasteiger partial charge is 0.478 e. The number of fused-ring (bicyclic) bond motifs is 2. The Labute approximate surface area is 249 Å². The van der Waals surface area contributed by atoms with Gasteiger partial charge in [0.15, 0.2) is 0 Å². The average Bonchev–Trinajstić information content (AvgIpc) is 3.58. The molecule has 1 unspecified atom stereocenters. The minimum Gasteiger partial charge on any atom is -0.478 e. The first-order valence-corrected chi connectivity index (χ1v) is 15.1. The molecule has 2 saturated heterocycles. The Bertz CT molecular complexity index is 1770. The standard InChI is InChI=1S/C33H36N6O4/c1-2-39-29-9-6-22(16-25(29)18-34-39)21-43-32-5-3-4-27(36-32)23-10-13-37(14-11-23)20-31-35-28-8-7-24(33(40)41)17-30(28)38(31)19-26-12-15-42-26/h3-9,16-18,23,26H,2,10-15,19-21H2,1H3,(H,40,41). The number of aromatic nitrogens is 5. The molecular weight excluding hydrogens is 544 g/mol. The third-order valence-electron chi connectivity index (χ3n) is 8.76. The van der Waals surface area contributed by atoms with Crippen molar-refractivity contribution in [1.29, 1.82) is 0 Å². The molecule has 1 atom stereocenters. The number of rotatable bonds is 10. The average molecular weight is 581 g/mol. The first-order chi connectivity index (χ1) is 21.0. The van der Waals surface area contributed by atoms with Gasteiger partial charge in [-0.15, -0.1) is 0 Å². The molecule has 2 aliphatic rings. The van der Waals surface area contributed by atoms with Crippen molar-refractivity contribution in [3.05, 3.63) is 83.4 Å². The summed E-state index contributed by atoms with van der Waals surface area (Å²) in [6.07, 6.45) is 5.08. The first-order valence-electron chi connectivity index (χ1n) is 15.1. The van der Waals surface area contributed by atoms with Crippen LogP contribution in [0.2, 0.25) is 0 Å². The van der Waals surface area contributed by atoms with Crippen LogP contribution >= 0.6 is 0 Å². The van der Waals surface area contributed by atoms with Gasteiger partial charge in [0.2, 0.25) is 5.88 Å². The molecule has 43 heavy (non-hydrogen) atoms. The normalized spacial score (nSPS) is 17.8. The predicted octanol–water partition coefficient (Wildman–Crippen LogP) is 5.25. The summed E-state index contributed by atoms with van der Waals surface area (Å²) in [5.74, 6) is 1.05. The fourth-order valence-corrected chi connectivity index (χ4v) is 6.22. The Balaban J connectivity index is 0.993. The number of likely N-dealkylation sites (tertiary alicyclic amines) is 1. The molecule has 10 heteroatoms. The van der Waals surface area contributed by atoms with E-state index in [0.29, 0.717) is 31.5 Å². The number of imidazole rings is 1. The monoisotopic (exact) mass is 580 g/mol. The molecule has 2 fully saturated rings. The second-order valence-electron chi connectivity index (χ2n) is 11.5. The molecule has 0 amide bonds. The maximum Gasteiger partial charge on any atom is 0.335 e. The summed E-state index contributed by atoms with van der Waals surface area (Å²) >= 11 is 0. The maximum atomic E-state index is 11.6. The second-order valence-corrected chi connectivity index (χ2v) is 11.5. The highest BCUT2D eigenvalue weighted by Gasteiger charge is 2.26. The lowest BCUT2D eigenvalue weighted by Crippen LogP contribution is -2.35. The maximum absolute atomic E-state index is 11.6. The Morgan fingerprint density at radius 1 is 1.05 bits per heavy atom. The summed E-state index contributed by atoms with van der Waals surface area (Å²) in [6, 6.07) is 17.6. The summed E-state index contributed by atoms with van der Waals surface area (Å²) in [5, 5.41) is 15.1. The van der Waals surface area contributed by atoms with Crippen LogP contribution in [0, 0.1) is 0 Å². The first kappa shape index (κ1) is 27.5. The summed E-state index contributed by atoms with van der Waals surface area (Å²) in [7, 11) is 0. The molecule has 2 aromatic carbocycles. The third kappa shape index (κ3) is 5.72. The summed E-state index contributed by atoms with van der Waals surface area (Å²) in [4.78, 5) is 23.8. The third-order valence-corrected chi connectivity index (χ3v) is 8.76. The van der Waals surface area contributed by atoms with Crippen LogP contribution in [0.25, 0.3) is 21.9 Å². The second kappa shape index (κ2) is 11.8. The molecule has 0 spiro atoms. The molecule has 5 aromatic rings. The van der Waals surface area contributed by atoms with Gasteiger partial charge in [-0.3, -0.25) is 9.58 Å². The Kier molecular flexibility index (Phi) is 7.54. The van der Waals surface area contributed by atoms with Gasteiger partial charge >= 0.3 is 5.97 Å². The summed E-state index contributed by atoms with van der Waals surface area (Å²) in [5.41, 5.74) is 5.27. The smallest absolute Gasteiger partial charge is 0.335 e. The predicted molar refractivity (Wildman–Crippen MR) is 162 cm³/mol. The van der Waals surface area contributed by atoms with Crippen LogP contribution in [0.15, 0.2) is 60.8 Å². The van der Waals surface area contributed by atoms with E-state index in [2.05, 4.69) is 45.8 Å². The number of pyridine rings is 1. The molecule has 222 valence electrons. The molecule has 5 heterocycles. The number of hydrogen-bond acceptors (Lipinski definition) is 7. The van der Waals surface area contributed by atoms with Crippen molar-refractivity contribution in [3.8, 4) is 5.88 Å². The number of benzene rings is 2. The molecule has 10 nitrogen and oxygen atoms in total. The Morgan fingerprint density at radius 3 is 2.67 bits per heavy atom. The van der Waals surface area contributed by atoms with Gasteiger partial charge in [0, 0.05) is 36.2 Å². The molecule has 0 aliphatic carbocycles. The van der Waals surface area contributed by atoms with Crippen molar-refractivity contribution < 1.29 is 19.4 Å². The molecular formula is C33H36N6O4. The summed E-state index contributed by atoms with van der Waals surface area (Å²) < 4.78 is 16.0. The molecule has 0 saturated carbocycles. The lowest BCUT2D eigenvalue weighted by atomic mass is 9.93. The fourth-order valence-electron chi connectivity index (χ4n) is 6.22. The van der Waals surface area contributed by atoms with E-state index in [-0.39, 0.29) is 11.7 Å². The van der Waals surface area contributed by atoms with E-state index >= 15 is 0 Å². The molecule has 0 bridgehead atoms. The van der Waals surface area contributed by atoms with E-state index < -0.39 is 5.97 Å². The van der Waals surface area contributed by atoms with Crippen LogP contribution in [0.5, 0.6) is 5.88 Å². The van der Waals surface area contributed by atoms with Gasteiger partial charge in [-0.2, -0.15) is 5.10 Å². The Morgan fingerprint density at radius 2 is 1.91 bits per heavy atom. The molecule has 0 radical (unpaired) electrons. The van der Waals surface area contributed by atoms with E-state index in [1.165, 1.54) is 0 Å². The number of aromatic carboxylic acids is 1. The van der Waals surface area contributed by atoms with Crippen LogP contribution < -0.4 is 4.74 Å². The van der Waals surface area contributed by atoms with Crippen LogP contribution in [0.4, 0.5) is 0 Å². The zero-order valence-corrected chi connectivity index (χ0v) is 24.4. The number of nitrogens with zero attached hydrogens (tertiary/aromatic N) is 6. The topological polar surface area (TPSA) is 108 Å². The van der Waals surface area contributed by atoms with Crippen LogP contribution in [0.1, 0.15) is 59.5 Å². The van der Waals surface area contributed by atoms with Gasteiger partial charge < -0.3 is 19.1 Å². The number of carboxylic acid groups (broad SMARTS) is 1. The quantitative estimate of drug-likeness (QED) is 0.239. The zero-order valence-electron chi connectivity index (χ0n) is 24.4. The van der Waals surface area contributed by atoms with Gasteiger partial charge in [0.25, 0.3) is 0 Å². The van der Waals surface area contributed by atoms with Gasteiger partial charge in [0.1, 0.15) is 12.4 Å².